The van der Waals surface area contributed by atoms with Crippen molar-refractivity contribution in [2.45, 2.75) is 38.9 Å². The van der Waals surface area contributed by atoms with E-state index in [1.165, 1.54) is 13.8 Å². The van der Waals surface area contributed by atoms with Gasteiger partial charge in [-0.15, -0.1) is 0 Å². The Bertz CT molecular complexity index is 1300. The number of halogens is 3. The summed E-state index contributed by atoms with van der Waals surface area (Å²) in [6.45, 7) is 5.95. The molecule has 3 aromatic rings. The highest BCUT2D eigenvalue weighted by molar-refractivity contribution is 6.42. The van der Waals surface area contributed by atoms with Crippen LogP contribution in [0.2, 0.25) is 10.0 Å². The first kappa shape index (κ1) is 24.2. The minimum atomic E-state index is -1.94. The van der Waals surface area contributed by atoms with Crippen LogP contribution in [0.4, 0.5) is 10.2 Å². The summed E-state index contributed by atoms with van der Waals surface area (Å²) in [5.74, 6) is 0.0984. The molecular weight excluding hydrogens is 476 g/mol. The van der Waals surface area contributed by atoms with E-state index in [-0.39, 0.29) is 6.04 Å². The molecule has 2 aromatic carbocycles. The van der Waals surface area contributed by atoms with Gasteiger partial charge in [-0.1, -0.05) is 35.3 Å². The maximum absolute atomic E-state index is 14.4. The van der Waals surface area contributed by atoms with Crippen LogP contribution in [0.25, 0.3) is 22.3 Å². The molecule has 1 aromatic heterocycles. The van der Waals surface area contributed by atoms with Crippen LogP contribution in [-0.4, -0.2) is 52.1 Å². The monoisotopic (exact) mass is 499 g/mol. The molecule has 0 unspecified atom stereocenters. The Morgan fingerprint density at radius 3 is 2.53 bits per heavy atom. The predicted molar refractivity (Wildman–Crippen MR) is 133 cm³/mol. The first-order valence-electron chi connectivity index (χ1n) is 11.0. The fourth-order valence-electron chi connectivity index (χ4n) is 4.29. The quantitative estimate of drug-likeness (QED) is 0.453. The number of rotatable bonds is 5. The molecule has 1 saturated heterocycles. The van der Waals surface area contributed by atoms with Gasteiger partial charge in [0.25, 0.3) is 5.91 Å². The Labute approximate surface area is 207 Å². The third-order valence-corrected chi connectivity index (χ3v) is 6.69. The molecule has 1 amide bonds. The first-order valence-corrected chi connectivity index (χ1v) is 11.8. The van der Waals surface area contributed by atoms with E-state index in [1.54, 1.807) is 35.2 Å². The standard InChI is InChI=1S/C25H24Cl2FN5O/c1-4-33(24(34)25(2,3)28)17-8-9-32(14-17)23-22(16-7-5-6-15(10-16)13-29)30-20-11-18(26)19(27)12-21(20)31-23/h5-7,10-12,17H,4,8-9,14H2,1-3H3/t17-/m0/s1. The van der Waals surface area contributed by atoms with Gasteiger partial charge >= 0.3 is 0 Å². The summed E-state index contributed by atoms with van der Waals surface area (Å²) in [7, 11) is 0. The molecule has 0 bridgehead atoms. The zero-order valence-corrected chi connectivity index (χ0v) is 20.7. The maximum atomic E-state index is 14.4. The summed E-state index contributed by atoms with van der Waals surface area (Å²) in [4.78, 5) is 26.0. The Balaban J connectivity index is 1.79. The topological polar surface area (TPSA) is 73.1 Å². The highest BCUT2D eigenvalue weighted by Crippen LogP contribution is 2.35. The summed E-state index contributed by atoms with van der Waals surface area (Å²) in [5, 5.41) is 10.1. The van der Waals surface area contributed by atoms with E-state index in [0.717, 1.165) is 5.56 Å². The molecule has 1 aliphatic heterocycles. The lowest BCUT2D eigenvalue weighted by molar-refractivity contribution is -0.143. The second-order valence-electron chi connectivity index (χ2n) is 8.80. The van der Waals surface area contributed by atoms with Crippen molar-refractivity contribution >= 4 is 46.0 Å². The maximum Gasteiger partial charge on any atom is 0.259 e. The summed E-state index contributed by atoms with van der Waals surface area (Å²) in [6, 6.07) is 12.5. The Kier molecular flexibility index (Phi) is 6.66. The van der Waals surface area contributed by atoms with Crippen LogP contribution in [0, 0.1) is 11.3 Å². The van der Waals surface area contributed by atoms with Gasteiger partial charge in [0, 0.05) is 25.2 Å². The smallest absolute Gasteiger partial charge is 0.259 e. The SMILES string of the molecule is CCN(C(=O)C(C)(C)F)[C@H]1CCN(c2nc3cc(Cl)c(Cl)cc3nc2-c2cccc(C#N)c2)C1. The van der Waals surface area contributed by atoms with E-state index in [4.69, 9.17) is 33.2 Å². The number of nitrogens with zero attached hydrogens (tertiary/aromatic N) is 5. The summed E-state index contributed by atoms with van der Waals surface area (Å²) >= 11 is 12.4. The Hall–Kier alpha value is -2.95. The van der Waals surface area contributed by atoms with Crippen LogP contribution in [0.5, 0.6) is 0 Å². The molecule has 2 heterocycles. The number of fused-ring (bicyclic) bond motifs is 1. The van der Waals surface area contributed by atoms with Gasteiger partial charge in [-0.2, -0.15) is 5.26 Å². The number of amides is 1. The van der Waals surface area contributed by atoms with Crippen LogP contribution in [-0.2, 0) is 4.79 Å². The lowest BCUT2D eigenvalue weighted by Gasteiger charge is -2.31. The van der Waals surface area contributed by atoms with Crippen molar-refractivity contribution in [2.75, 3.05) is 24.5 Å². The number of hydrogen-bond acceptors (Lipinski definition) is 5. The van der Waals surface area contributed by atoms with Crippen molar-refractivity contribution < 1.29 is 9.18 Å². The van der Waals surface area contributed by atoms with Crippen LogP contribution >= 0.6 is 23.2 Å². The lowest BCUT2D eigenvalue weighted by Crippen LogP contribution is -2.49. The largest absolute Gasteiger partial charge is 0.353 e. The van der Waals surface area contributed by atoms with Crippen molar-refractivity contribution in [3.63, 3.8) is 0 Å². The molecule has 6 nitrogen and oxygen atoms in total. The molecule has 1 atom stereocenters. The molecule has 9 heteroatoms. The van der Waals surface area contributed by atoms with Gasteiger partial charge in [0.2, 0.25) is 0 Å². The highest BCUT2D eigenvalue weighted by atomic mass is 35.5. The normalized spacial score (nSPS) is 16.0. The third kappa shape index (κ3) is 4.66. The average Bonchev–Trinajstić information content (AvgIpc) is 3.28. The number of nitriles is 1. The third-order valence-electron chi connectivity index (χ3n) is 5.97. The second-order valence-corrected chi connectivity index (χ2v) is 9.61. The number of anilines is 1. The lowest BCUT2D eigenvalue weighted by atomic mass is 10.1. The van der Waals surface area contributed by atoms with E-state index in [1.807, 2.05) is 13.0 Å². The number of alkyl halides is 1. The van der Waals surface area contributed by atoms with Crippen LogP contribution in [0.3, 0.4) is 0 Å². The van der Waals surface area contributed by atoms with E-state index in [9.17, 15) is 14.4 Å². The van der Waals surface area contributed by atoms with E-state index >= 15 is 0 Å². The molecule has 0 spiro atoms. The molecule has 34 heavy (non-hydrogen) atoms. The number of likely N-dealkylation sites (N-methyl/N-ethyl adjacent to an activating group) is 1. The van der Waals surface area contributed by atoms with Gasteiger partial charge in [-0.25, -0.2) is 14.4 Å². The number of hydrogen-bond donors (Lipinski definition) is 0. The molecule has 1 fully saturated rings. The highest BCUT2D eigenvalue weighted by Gasteiger charge is 2.38. The molecule has 0 N–H and O–H groups in total. The number of benzene rings is 2. The van der Waals surface area contributed by atoms with Gasteiger partial charge in [0.15, 0.2) is 11.5 Å². The fraction of sp³-hybridized carbons (Fsp3) is 0.360. The van der Waals surface area contributed by atoms with Crippen LogP contribution < -0.4 is 4.90 Å². The predicted octanol–water partition coefficient (Wildman–Crippen LogP) is 5.65. The van der Waals surface area contributed by atoms with Crippen molar-refractivity contribution in [1.29, 1.82) is 5.26 Å². The minimum Gasteiger partial charge on any atom is -0.353 e. The van der Waals surface area contributed by atoms with Gasteiger partial charge in [0.05, 0.1) is 38.8 Å². The Morgan fingerprint density at radius 2 is 1.91 bits per heavy atom. The number of carbonyl (C=O) groups excluding carboxylic acids is 1. The van der Waals surface area contributed by atoms with Crippen LogP contribution in [0.1, 0.15) is 32.8 Å². The summed E-state index contributed by atoms with van der Waals surface area (Å²) in [6.07, 6.45) is 0.675. The molecule has 0 radical (unpaired) electrons. The van der Waals surface area contributed by atoms with E-state index in [0.29, 0.717) is 64.2 Å². The fourth-order valence-corrected chi connectivity index (χ4v) is 4.61. The second kappa shape index (κ2) is 9.36. The van der Waals surface area contributed by atoms with E-state index in [2.05, 4.69) is 11.0 Å². The average molecular weight is 500 g/mol. The van der Waals surface area contributed by atoms with E-state index < -0.39 is 11.6 Å². The van der Waals surface area contributed by atoms with Crippen LogP contribution in [0.15, 0.2) is 36.4 Å². The van der Waals surface area contributed by atoms with Crippen molar-refractivity contribution in [1.82, 2.24) is 14.9 Å². The van der Waals surface area contributed by atoms with Gasteiger partial charge < -0.3 is 9.80 Å². The zero-order valence-electron chi connectivity index (χ0n) is 19.1. The molecule has 0 aliphatic carbocycles. The molecule has 0 saturated carbocycles. The summed E-state index contributed by atoms with van der Waals surface area (Å²) < 4.78 is 14.4. The molecule has 176 valence electrons. The molecule has 4 rings (SSSR count). The first-order chi connectivity index (χ1) is 16.1. The zero-order chi connectivity index (χ0) is 24.6. The summed E-state index contributed by atoms with van der Waals surface area (Å²) in [5.41, 5.74) is 1.07. The van der Waals surface area contributed by atoms with Gasteiger partial charge in [-0.3, -0.25) is 4.79 Å². The minimum absolute atomic E-state index is 0.155. The molecular formula is C25H24Cl2FN5O. The van der Waals surface area contributed by atoms with Gasteiger partial charge in [-0.05, 0) is 51.5 Å². The van der Waals surface area contributed by atoms with Crippen molar-refractivity contribution in [2.24, 2.45) is 0 Å². The number of carbonyl (C=O) groups is 1. The number of aromatic nitrogens is 2. The van der Waals surface area contributed by atoms with Crippen molar-refractivity contribution in [3.8, 4) is 17.3 Å². The van der Waals surface area contributed by atoms with Gasteiger partial charge in [0.1, 0.15) is 5.69 Å². The van der Waals surface area contributed by atoms with Crippen molar-refractivity contribution in [3.05, 3.63) is 52.0 Å². The molecule has 1 aliphatic rings. The Morgan fingerprint density at radius 1 is 1.24 bits per heavy atom.